The third-order valence-corrected chi connectivity index (χ3v) is 4.29. The molecule has 0 spiro atoms. The summed E-state index contributed by atoms with van der Waals surface area (Å²) in [5, 5.41) is 8.71. The molecule has 0 aliphatic heterocycles. The van der Waals surface area contributed by atoms with Crippen molar-refractivity contribution in [2.75, 3.05) is 12.8 Å². The Morgan fingerprint density at radius 1 is 1.48 bits per heavy atom. The molecular weight excluding hydrogens is 288 g/mol. The molecule has 1 amide bonds. The molecule has 2 aromatic rings. The maximum atomic E-state index is 12.3. The lowest BCUT2D eigenvalue weighted by molar-refractivity contribution is -0.129. The van der Waals surface area contributed by atoms with E-state index in [1.54, 1.807) is 24.5 Å². The number of amides is 1. The summed E-state index contributed by atoms with van der Waals surface area (Å²) in [6.07, 6.45) is 3.30. The molecule has 2 aromatic heterocycles. The summed E-state index contributed by atoms with van der Waals surface area (Å²) in [5.74, 6) is 1.14. The maximum Gasteiger partial charge on any atom is 0.233 e. The molecule has 0 bridgehead atoms. The van der Waals surface area contributed by atoms with Gasteiger partial charge in [0.2, 0.25) is 5.91 Å². The first-order valence-corrected chi connectivity index (χ1v) is 7.80. The molecule has 0 aliphatic carbocycles. The van der Waals surface area contributed by atoms with Gasteiger partial charge >= 0.3 is 0 Å². The maximum absolute atomic E-state index is 12.3. The molecule has 1 atom stereocenters. The Balaban J connectivity index is 1.94. The summed E-state index contributed by atoms with van der Waals surface area (Å²) in [5.41, 5.74) is 0. The van der Waals surface area contributed by atoms with Crippen molar-refractivity contribution >= 4 is 17.7 Å². The van der Waals surface area contributed by atoms with Crippen molar-refractivity contribution in [3.8, 4) is 0 Å². The third kappa shape index (κ3) is 3.66. The lowest BCUT2D eigenvalue weighted by Crippen LogP contribution is -2.31. The first-order chi connectivity index (χ1) is 10.0. The normalized spacial score (nSPS) is 12.6. The van der Waals surface area contributed by atoms with E-state index in [0.29, 0.717) is 5.75 Å². The molecular formula is C14H20N4O2S. The molecule has 0 saturated heterocycles. The Labute approximate surface area is 128 Å². The largest absolute Gasteiger partial charge is 0.467 e. The average molecular weight is 308 g/mol. The molecule has 21 heavy (non-hydrogen) atoms. The van der Waals surface area contributed by atoms with Gasteiger partial charge in [-0.3, -0.25) is 4.79 Å². The van der Waals surface area contributed by atoms with E-state index in [1.807, 2.05) is 23.6 Å². The zero-order valence-corrected chi connectivity index (χ0v) is 13.5. The fourth-order valence-electron chi connectivity index (χ4n) is 1.85. The molecule has 0 aromatic carbocycles. The van der Waals surface area contributed by atoms with E-state index >= 15 is 0 Å². The van der Waals surface area contributed by atoms with Crippen molar-refractivity contribution in [1.29, 1.82) is 0 Å². The van der Waals surface area contributed by atoms with Crippen LogP contribution in [0.15, 0.2) is 34.3 Å². The van der Waals surface area contributed by atoms with Gasteiger partial charge in [0.1, 0.15) is 12.1 Å². The zero-order valence-electron chi connectivity index (χ0n) is 12.7. The van der Waals surface area contributed by atoms with E-state index in [4.69, 9.17) is 4.42 Å². The Morgan fingerprint density at radius 2 is 2.24 bits per heavy atom. The number of nitrogens with zero attached hydrogens (tertiary/aromatic N) is 4. The smallest absolute Gasteiger partial charge is 0.233 e. The fourth-order valence-corrected chi connectivity index (χ4v) is 2.82. The molecule has 114 valence electrons. The lowest BCUT2D eigenvalue weighted by Gasteiger charge is -2.23. The van der Waals surface area contributed by atoms with E-state index in [9.17, 15) is 4.79 Å². The minimum atomic E-state index is -0.0870. The second-order valence-electron chi connectivity index (χ2n) is 5.10. The summed E-state index contributed by atoms with van der Waals surface area (Å²) >= 11 is 1.40. The van der Waals surface area contributed by atoms with Gasteiger partial charge in [0.05, 0.1) is 18.1 Å². The van der Waals surface area contributed by atoms with Crippen molar-refractivity contribution in [3.05, 3.63) is 30.5 Å². The van der Waals surface area contributed by atoms with E-state index in [-0.39, 0.29) is 18.0 Å². The van der Waals surface area contributed by atoms with Crippen LogP contribution in [0.1, 0.15) is 38.6 Å². The molecule has 0 N–H and O–H groups in total. The minimum Gasteiger partial charge on any atom is -0.467 e. The van der Waals surface area contributed by atoms with Crippen molar-refractivity contribution in [2.45, 2.75) is 38.0 Å². The number of thioether (sulfide) groups is 1. The Kier molecular flexibility index (Phi) is 5.06. The molecule has 0 aliphatic rings. The van der Waals surface area contributed by atoms with Gasteiger partial charge < -0.3 is 13.9 Å². The first-order valence-electron chi connectivity index (χ1n) is 6.82. The summed E-state index contributed by atoms with van der Waals surface area (Å²) in [7, 11) is 1.78. The summed E-state index contributed by atoms with van der Waals surface area (Å²) in [4.78, 5) is 13.9. The van der Waals surface area contributed by atoms with Crippen LogP contribution in [0.25, 0.3) is 0 Å². The monoisotopic (exact) mass is 308 g/mol. The second kappa shape index (κ2) is 6.80. The molecule has 2 heterocycles. The topological polar surface area (TPSA) is 64.2 Å². The average Bonchev–Trinajstić information content (AvgIpc) is 3.13. The van der Waals surface area contributed by atoms with E-state index in [0.717, 1.165) is 10.9 Å². The third-order valence-electron chi connectivity index (χ3n) is 3.35. The van der Waals surface area contributed by atoms with Crippen molar-refractivity contribution < 1.29 is 9.21 Å². The number of carbonyl (C=O) groups is 1. The van der Waals surface area contributed by atoms with Crippen LogP contribution in [-0.4, -0.2) is 38.4 Å². The van der Waals surface area contributed by atoms with Crippen molar-refractivity contribution in [3.63, 3.8) is 0 Å². The summed E-state index contributed by atoms with van der Waals surface area (Å²) in [6.45, 7) is 6.05. The summed E-state index contributed by atoms with van der Waals surface area (Å²) in [6, 6.07) is 3.88. The van der Waals surface area contributed by atoms with Gasteiger partial charge in [0.25, 0.3) is 0 Å². The molecule has 7 heteroatoms. The van der Waals surface area contributed by atoms with Crippen LogP contribution < -0.4 is 0 Å². The van der Waals surface area contributed by atoms with Gasteiger partial charge in [0, 0.05) is 13.1 Å². The second-order valence-corrected chi connectivity index (χ2v) is 6.04. The van der Waals surface area contributed by atoms with Crippen molar-refractivity contribution in [2.24, 2.45) is 0 Å². The number of rotatable bonds is 6. The highest BCUT2D eigenvalue weighted by atomic mass is 32.2. The minimum absolute atomic E-state index is 0.0298. The molecule has 2 rings (SSSR count). The fraction of sp³-hybridized carbons (Fsp3) is 0.500. The van der Waals surface area contributed by atoms with E-state index < -0.39 is 0 Å². The van der Waals surface area contributed by atoms with Crippen LogP contribution in [0.5, 0.6) is 0 Å². The number of aromatic nitrogens is 3. The lowest BCUT2D eigenvalue weighted by atomic mass is 10.2. The molecule has 0 radical (unpaired) electrons. The Morgan fingerprint density at radius 3 is 2.86 bits per heavy atom. The van der Waals surface area contributed by atoms with Crippen LogP contribution in [0.2, 0.25) is 0 Å². The highest BCUT2D eigenvalue weighted by Gasteiger charge is 2.20. The quantitative estimate of drug-likeness (QED) is 0.768. The molecule has 6 nitrogen and oxygen atoms in total. The van der Waals surface area contributed by atoms with Crippen LogP contribution in [0.4, 0.5) is 0 Å². The Hall–Kier alpha value is -1.76. The molecule has 0 saturated carbocycles. The van der Waals surface area contributed by atoms with Gasteiger partial charge in [-0.25, -0.2) is 0 Å². The van der Waals surface area contributed by atoms with Gasteiger partial charge in [-0.1, -0.05) is 11.8 Å². The van der Waals surface area contributed by atoms with Gasteiger partial charge in [-0.05, 0) is 32.9 Å². The predicted molar refractivity (Wildman–Crippen MR) is 81.0 cm³/mol. The highest BCUT2D eigenvalue weighted by molar-refractivity contribution is 7.99. The van der Waals surface area contributed by atoms with Gasteiger partial charge in [0.15, 0.2) is 5.16 Å². The number of hydrogen-bond acceptors (Lipinski definition) is 5. The Bertz CT molecular complexity index is 580. The standard InChI is InChI=1S/C14H20N4O2S/c1-10(2)18-9-15-16-14(18)21-8-13(19)17(4)11(3)12-6-5-7-20-12/h5-7,9-11H,8H2,1-4H3. The van der Waals surface area contributed by atoms with Crippen LogP contribution >= 0.6 is 11.8 Å². The van der Waals surface area contributed by atoms with Crippen LogP contribution in [-0.2, 0) is 4.79 Å². The van der Waals surface area contributed by atoms with Crippen molar-refractivity contribution in [1.82, 2.24) is 19.7 Å². The van der Waals surface area contributed by atoms with Gasteiger partial charge in [-0.15, -0.1) is 10.2 Å². The number of furan rings is 1. The van der Waals surface area contributed by atoms with Crippen LogP contribution in [0.3, 0.4) is 0 Å². The first kappa shape index (κ1) is 15.6. The number of carbonyl (C=O) groups excluding carboxylic acids is 1. The SMILES string of the molecule is CC(c1ccco1)N(C)C(=O)CSc1nncn1C(C)C. The zero-order chi connectivity index (χ0) is 15.4. The van der Waals surface area contributed by atoms with E-state index in [1.165, 1.54) is 11.8 Å². The number of hydrogen-bond donors (Lipinski definition) is 0. The van der Waals surface area contributed by atoms with Crippen LogP contribution in [0, 0.1) is 0 Å². The molecule has 1 unspecified atom stereocenters. The van der Waals surface area contributed by atoms with E-state index in [2.05, 4.69) is 24.0 Å². The summed E-state index contributed by atoms with van der Waals surface area (Å²) < 4.78 is 7.29. The predicted octanol–water partition coefficient (Wildman–Crippen LogP) is 2.76. The van der Waals surface area contributed by atoms with Gasteiger partial charge in [-0.2, -0.15) is 0 Å². The highest BCUT2D eigenvalue weighted by Crippen LogP contribution is 2.22. The molecule has 0 fully saturated rings.